The molecule has 1 amide bonds. The number of hydrogen-bond acceptors (Lipinski definition) is 5. The molecule has 0 saturated carbocycles. The molecule has 2 N–H and O–H groups in total. The molecule has 7 heteroatoms. The number of nitrogens with zero attached hydrogens (tertiary/aromatic N) is 2. The molecule has 1 unspecified atom stereocenters. The van der Waals surface area contributed by atoms with Gasteiger partial charge in [-0.15, -0.1) is 0 Å². The predicted molar refractivity (Wildman–Crippen MR) is 75.9 cm³/mol. The molecule has 1 fully saturated rings. The molecule has 1 aromatic heterocycles. The highest BCUT2D eigenvalue weighted by atomic mass is 79.9. The summed E-state index contributed by atoms with van der Waals surface area (Å²) in [6.07, 6.45) is 0.398. The monoisotopic (exact) mass is 336 g/mol. The minimum Gasteiger partial charge on any atom is -0.353 e. The van der Waals surface area contributed by atoms with Crippen LogP contribution < -0.4 is 10.6 Å². The quantitative estimate of drug-likeness (QED) is 0.878. The normalized spacial score (nSPS) is 18.9. The topological polar surface area (TPSA) is 80.0 Å². The number of hydrogen-bond donors (Lipinski definition) is 2. The molecule has 0 aliphatic carbocycles. The second kappa shape index (κ2) is 5.72. The van der Waals surface area contributed by atoms with E-state index in [2.05, 4.69) is 36.7 Å². The number of aromatic nitrogens is 2. The molecule has 1 atom stereocenters. The van der Waals surface area contributed by atoms with E-state index in [9.17, 15) is 4.79 Å². The average molecular weight is 337 g/mol. The van der Waals surface area contributed by atoms with E-state index in [0.717, 1.165) is 16.6 Å². The molecular weight excluding hydrogens is 324 g/mol. The molecule has 104 valence electrons. The van der Waals surface area contributed by atoms with Crippen LogP contribution in [0.1, 0.15) is 5.89 Å². The first-order valence-corrected chi connectivity index (χ1v) is 7.11. The van der Waals surface area contributed by atoms with Gasteiger partial charge in [-0.1, -0.05) is 21.1 Å². The Morgan fingerprint density at radius 3 is 2.85 bits per heavy atom. The zero-order valence-corrected chi connectivity index (χ0v) is 12.2. The van der Waals surface area contributed by atoms with E-state index >= 15 is 0 Å². The first kappa shape index (κ1) is 13.3. The first-order valence-electron chi connectivity index (χ1n) is 6.32. The average Bonchev–Trinajstić information content (AvgIpc) is 2.91. The van der Waals surface area contributed by atoms with Gasteiger partial charge in [0.15, 0.2) is 0 Å². The van der Waals surface area contributed by atoms with Crippen LogP contribution in [0.15, 0.2) is 33.3 Å². The zero-order valence-electron chi connectivity index (χ0n) is 10.6. The van der Waals surface area contributed by atoms with E-state index in [1.165, 1.54) is 0 Å². The van der Waals surface area contributed by atoms with Crippen LogP contribution in [-0.4, -0.2) is 35.2 Å². The summed E-state index contributed by atoms with van der Waals surface area (Å²) in [4.78, 5) is 16.0. The number of benzene rings is 1. The molecule has 1 aromatic carbocycles. The molecular formula is C13H13BrN4O2. The Kier molecular flexibility index (Phi) is 3.79. The zero-order chi connectivity index (χ0) is 13.9. The third-order valence-electron chi connectivity index (χ3n) is 3.08. The molecule has 1 aliphatic rings. The number of amides is 1. The summed E-state index contributed by atoms with van der Waals surface area (Å²) >= 11 is 3.38. The van der Waals surface area contributed by atoms with Crippen molar-refractivity contribution in [1.82, 2.24) is 20.8 Å². The van der Waals surface area contributed by atoms with Gasteiger partial charge in [0.1, 0.15) is 0 Å². The predicted octanol–water partition coefficient (Wildman–Crippen LogP) is 1.13. The van der Waals surface area contributed by atoms with Crippen LogP contribution in [-0.2, 0) is 11.2 Å². The third-order valence-corrected chi connectivity index (χ3v) is 3.61. The van der Waals surface area contributed by atoms with Crippen LogP contribution >= 0.6 is 15.9 Å². The van der Waals surface area contributed by atoms with Gasteiger partial charge in [-0.25, -0.2) is 0 Å². The number of nitrogens with one attached hydrogen (secondary N) is 2. The fourth-order valence-corrected chi connectivity index (χ4v) is 2.31. The number of piperazine rings is 1. The molecule has 1 saturated heterocycles. The van der Waals surface area contributed by atoms with Crippen molar-refractivity contribution < 1.29 is 9.32 Å². The highest BCUT2D eigenvalue weighted by Crippen LogP contribution is 2.19. The Hall–Kier alpha value is -1.73. The van der Waals surface area contributed by atoms with Crippen LogP contribution in [0.3, 0.4) is 0 Å². The molecule has 0 spiro atoms. The van der Waals surface area contributed by atoms with Gasteiger partial charge < -0.3 is 15.2 Å². The highest BCUT2D eigenvalue weighted by Gasteiger charge is 2.24. The Morgan fingerprint density at radius 1 is 1.30 bits per heavy atom. The van der Waals surface area contributed by atoms with Crippen molar-refractivity contribution in [3.8, 4) is 11.4 Å². The largest absolute Gasteiger partial charge is 0.353 e. The number of carbonyl (C=O) groups is 1. The van der Waals surface area contributed by atoms with Crippen LogP contribution in [0.4, 0.5) is 0 Å². The van der Waals surface area contributed by atoms with Crippen molar-refractivity contribution >= 4 is 21.8 Å². The fourth-order valence-electron chi connectivity index (χ4n) is 2.04. The second-order valence-electron chi connectivity index (χ2n) is 4.52. The molecule has 2 heterocycles. The van der Waals surface area contributed by atoms with E-state index in [1.807, 2.05) is 24.3 Å². The number of carbonyl (C=O) groups excluding carboxylic acids is 1. The van der Waals surface area contributed by atoms with E-state index in [1.54, 1.807) is 0 Å². The fraction of sp³-hybridized carbons (Fsp3) is 0.308. The lowest BCUT2D eigenvalue weighted by molar-refractivity contribution is -0.124. The highest BCUT2D eigenvalue weighted by molar-refractivity contribution is 9.10. The Balaban J connectivity index is 1.73. The minimum atomic E-state index is -0.304. The Labute approximate surface area is 124 Å². The second-order valence-corrected chi connectivity index (χ2v) is 5.44. The third kappa shape index (κ3) is 2.88. The molecule has 20 heavy (non-hydrogen) atoms. The summed E-state index contributed by atoms with van der Waals surface area (Å²) in [5.74, 6) is 0.959. The van der Waals surface area contributed by atoms with Crippen LogP contribution in [0, 0.1) is 0 Å². The summed E-state index contributed by atoms with van der Waals surface area (Å²) in [6, 6.07) is 7.35. The number of halogens is 1. The van der Waals surface area contributed by atoms with Crippen molar-refractivity contribution in [2.24, 2.45) is 0 Å². The van der Waals surface area contributed by atoms with Crippen LogP contribution in [0.5, 0.6) is 0 Å². The van der Waals surface area contributed by atoms with E-state index in [4.69, 9.17) is 4.52 Å². The molecule has 3 rings (SSSR count). The van der Waals surface area contributed by atoms with Crippen molar-refractivity contribution in [1.29, 1.82) is 0 Å². The van der Waals surface area contributed by atoms with Gasteiger partial charge in [0.25, 0.3) is 0 Å². The summed E-state index contributed by atoms with van der Waals surface area (Å²) in [5, 5.41) is 9.87. The van der Waals surface area contributed by atoms with E-state index in [0.29, 0.717) is 24.7 Å². The number of rotatable bonds is 3. The SMILES string of the molecule is O=C1NCCNC1Cc1nc(-c2ccc(Br)cc2)no1. The van der Waals surface area contributed by atoms with Crippen LogP contribution in [0.25, 0.3) is 11.4 Å². The summed E-state index contributed by atoms with van der Waals surface area (Å²) in [5.41, 5.74) is 0.879. The maximum atomic E-state index is 11.6. The van der Waals surface area contributed by atoms with Crippen molar-refractivity contribution in [3.63, 3.8) is 0 Å². The molecule has 2 aromatic rings. The lowest BCUT2D eigenvalue weighted by Gasteiger charge is -2.21. The summed E-state index contributed by atoms with van der Waals surface area (Å²) in [6.45, 7) is 1.41. The Morgan fingerprint density at radius 2 is 2.10 bits per heavy atom. The minimum absolute atomic E-state index is 0.0281. The molecule has 0 bridgehead atoms. The van der Waals surface area contributed by atoms with Crippen LogP contribution in [0.2, 0.25) is 0 Å². The van der Waals surface area contributed by atoms with E-state index < -0.39 is 0 Å². The first-order chi connectivity index (χ1) is 9.72. The standard InChI is InChI=1S/C13H13BrN4O2/c14-9-3-1-8(2-4-9)12-17-11(20-18-12)7-10-13(19)16-6-5-15-10/h1-4,10,15H,5-7H2,(H,16,19). The molecule has 6 nitrogen and oxygen atoms in total. The van der Waals surface area contributed by atoms with Gasteiger partial charge in [-0.2, -0.15) is 4.98 Å². The molecule has 0 radical (unpaired) electrons. The van der Waals surface area contributed by atoms with Gasteiger partial charge in [0.05, 0.1) is 12.5 Å². The Bertz CT molecular complexity index is 611. The van der Waals surface area contributed by atoms with Crippen molar-refractivity contribution in [3.05, 3.63) is 34.6 Å². The summed E-state index contributed by atoms with van der Waals surface area (Å²) in [7, 11) is 0. The smallest absolute Gasteiger partial charge is 0.237 e. The lowest BCUT2D eigenvalue weighted by atomic mass is 10.1. The van der Waals surface area contributed by atoms with Gasteiger partial charge >= 0.3 is 0 Å². The van der Waals surface area contributed by atoms with E-state index in [-0.39, 0.29) is 11.9 Å². The van der Waals surface area contributed by atoms with Crippen molar-refractivity contribution in [2.75, 3.05) is 13.1 Å². The van der Waals surface area contributed by atoms with Gasteiger partial charge in [0.2, 0.25) is 17.6 Å². The maximum Gasteiger partial charge on any atom is 0.237 e. The van der Waals surface area contributed by atoms with Gasteiger partial charge in [0, 0.05) is 23.1 Å². The van der Waals surface area contributed by atoms with Gasteiger partial charge in [-0.3, -0.25) is 4.79 Å². The van der Waals surface area contributed by atoms with Gasteiger partial charge in [-0.05, 0) is 24.3 Å². The maximum absolute atomic E-state index is 11.6. The van der Waals surface area contributed by atoms with Crippen molar-refractivity contribution in [2.45, 2.75) is 12.5 Å². The summed E-state index contributed by atoms with van der Waals surface area (Å²) < 4.78 is 6.20. The lowest BCUT2D eigenvalue weighted by Crippen LogP contribution is -2.53. The molecule has 1 aliphatic heterocycles.